The molecule has 3 heteroatoms. The summed E-state index contributed by atoms with van der Waals surface area (Å²) in [5.41, 5.74) is 10.7. The molecule has 0 atom stereocenters. The van der Waals surface area contributed by atoms with Gasteiger partial charge in [0.05, 0.1) is 0 Å². The lowest BCUT2D eigenvalue weighted by Crippen LogP contribution is -1.99. The van der Waals surface area contributed by atoms with Gasteiger partial charge >= 0.3 is 0 Å². The second kappa shape index (κ2) is 17.1. The molecule has 0 unspecified atom stereocenters. The van der Waals surface area contributed by atoms with Gasteiger partial charge in [0.1, 0.15) is 0 Å². The summed E-state index contributed by atoms with van der Waals surface area (Å²) < 4.78 is 0. The summed E-state index contributed by atoms with van der Waals surface area (Å²) in [6, 6.07) is 0. The van der Waals surface area contributed by atoms with Crippen molar-refractivity contribution >= 4 is 0 Å². The molecule has 0 aromatic heterocycles. The predicted octanol–water partition coefficient (Wildman–Crippen LogP) is 0.853. The van der Waals surface area contributed by atoms with Crippen LogP contribution in [0.2, 0.25) is 0 Å². The van der Waals surface area contributed by atoms with Crippen LogP contribution in [0.3, 0.4) is 0 Å². The van der Waals surface area contributed by atoms with Crippen molar-refractivity contribution < 1.29 is 5.11 Å². The van der Waals surface area contributed by atoms with E-state index in [9.17, 15) is 0 Å². The largest absolute Gasteiger partial charge is 0.400 e. The van der Waals surface area contributed by atoms with E-state index in [4.69, 9.17) is 16.6 Å². The number of aliphatic hydroxyl groups is 1. The third-order valence-electron chi connectivity index (χ3n) is 1.66. The zero-order valence-electron chi connectivity index (χ0n) is 8.26. The smallest absolute Gasteiger partial charge is 0.0319 e. The van der Waals surface area contributed by atoms with Crippen molar-refractivity contribution in [1.29, 1.82) is 0 Å². The van der Waals surface area contributed by atoms with E-state index in [1.54, 1.807) is 0 Å². The van der Waals surface area contributed by atoms with Gasteiger partial charge in [-0.05, 0) is 25.9 Å². The van der Waals surface area contributed by atoms with Gasteiger partial charge in [0.25, 0.3) is 0 Å². The third kappa shape index (κ3) is 16.5. The highest BCUT2D eigenvalue weighted by molar-refractivity contribution is 4.45. The third-order valence-corrected chi connectivity index (χ3v) is 1.66. The fourth-order valence-corrected chi connectivity index (χ4v) is 0.996. The van der Waals surface area contributed by atoms with Crippen molar-refractivity contribution in [2.75, 3.05) is 20.2 Å². The second-order valence-electron chi connectivity index (χ2n) is 2.70. The quantitative estimate of drug-likeness (QED) is 0.504. The molecule has 12 heavy (non-hydrogen) atoms. The average molecular weight is 176 g/mol. The summed E-state index contributed by atoms with van der Waals surface area (Å²) in [5.74, 6) is 0. The minimum Gasteiger partial charge on any atom is -0.400 e. The Morgan fingerprint density at radius 3 is 1.17 bits per heavy atom. The van der Waals surface area contributed by atoms with Crippen LogP contribution in [0, 0.1) is 0 Å². The lowest BCUT2D eigenvalue weighted by Gasteiger charge is -1.97. The van der Waals surface area contributed by atoms with Crippen molar-refractivity contribution in [2.45, 2.75) is 38.5 Å². The van der Waals surface area contributed by atoms with Crippen molar-refractivity contribution in [3.8, 4) is 0 Å². The standard InChI is InChI=1S/C8H20N2.CH4O/c9-7-5-3-1-2-4-6-8-10;1-2/h1-10H2;2H,1H3. The zero-order chi connectivity index (χ0) is 9.66. The van der Waals surface area contributed by atoms with Crippen molar-refractivity contribution in [3.63, 3.8) is 0 Å². The minimum absolute atomic E-state index is 0.844. The Labute approximate surface area is 76.1 Å². The molecule has 0 aromatic rings. The fourth-order valence-electron chi connectivity index (χ4n) is 0.996. The lowest BCUT2D eigenvalue weighted by molar-refractivity contribution is 0.399. The molecule has 0 fully saturated rings. The van der Waals surface area contributed by atoms with Crippen LogP contribution >= 0.6 is 0 Å². The van der Waals surface area contributed by atoms with E-state index in [-0.39, 0.29) is 0 Å². The van der Waals surface area contributed by atoms with Crippen LogP contribution in [0.15, 0.2) is 0 Å². The molecule has 0 radical (unpaired) electrons. The molecule has 0 aliphatic rings. The summed E-state index contributed by atoms with van der Waals surface area (Å²) in [4.78, 5) is 0. The molecule has 5 N–H and O–H groups in total. The van der Waals surface area contributed by atoms with E-state index in [0.29, 0.717) is 0 Å². The normalized spacial score (nSPS) is 9.00. The number of nitrogens with two attached hydrogens (primary N) is 2. The topological polar surface area (TPSA) is 72.3 Å². The number of aliphatic hydroxyl groups excluding tert-OH is 1. The van der Waals surface area contributed by atoms with Gasteiger partial charge in [-0.15, -0.1) is 0 Å². The maximum Gasteiger partial charge on any atom is 0.0319 e. The molecule has 76 valence electrons. The number of rotatable bonds is 7. The molecule has 0 bridgehead atoms. The highest BCUT2D eigenvalue weighted by Crippen LogP contribution is 2.03. The highest BCUT2D eigenvalue weighted by atomic mass is 16.2. The van der Waals surface area contributed by atoms with E-state index in [1.165, 1.54) is 38.5 Å². The molecular formula is C9H24N2O. The Hall–Kier alpha value is -0.120. The zero-order valence-corrected chi connectivity index (χ0v) is 8.26. The van der Waals surface area contributed by atoms with Gasteiger partial charge in [-0.1, -0.05) is 25.7 Å². The first kappa shape index (κ1) is 14.4. The van der Waals surface area contributed by atoms with Crippen LogP contribution in [0.5, 0.6) is 0 Å². The second-order valence-corrected chi connectivity index (χ2v) is 2.70. The van der Waals surface area contributed by atoms with Crippen LogP contribution in [0.4, 0.5) is 0 Å². The summed E-state index contributed by atoms with van der Waals surface area (Å²) in [5, 5.41) is 7.00. The number of hydrogen-bond acceptors (Lipinski definition) is 3. The minimum atomic E-state index is 0.844. The monoisotopic (exact) mass is 176 g/mol. The molecule has 0 saturated carbocycles. The Morgan fingerprint density at radius 1 is 0.667 bits per heavy atom. The summed E-state index contributed by atoms with van der Waals surface area (Å²) >= 11 is 0. The van der Waals surface area contributed by atoms with E-state index in [2.05, 4.69) is 0 Å². The molecule has 0 aliphatic carbocycles. The summed E-state index contributed by atoms with van der Waals surface area (Å²) in [6.07, 6.45) is 7.61. The molecule has 0 heterocycles. The van der Waals surface area contributed by atoms with Crippen LogP contribution in [-0.2, 0) is 0 Å². The molecule has 0 amide bonds. The van der Waals surface area contributed by atoms with E-state index in [0.717, 1.165) is 20.2 Å². The van der Waals surface area contributed by atoms with Gasteiger partial charge in [0.15, 0.2) is 0 Å². The molecular weight excluding hydrogens is 152 g/mol. The average Bonchev–Trinajstić information content (AvgIpc) is 2.15. The molecule has 3 nitrogen and oxygen atoms in total. The summed E-state index contributed by atoms with van der Waals surface area (Å²) in [6.45, 7) is 1.69. The predicted molar refractivity (Wildman–Crippen MR) is 54.0 cm³/mol. The van der Waals surface area contributed by atoms with Gasteiger partial charge in [0, 0.05) is 7.11 Å². The van der Waals surface area contributed by atoms with Crippen LogP contribution in [-0.4, -0.2) is 25.3 Å². The molecule has 0 spiro atoms. The van der Waals surface area contributed by atoms with E-state index in [1.807, 2.05) is 0 Å². The molecule has 0 aromatic carbocycles. The van der Waals surface area contributed by atoms with E-state index >= 15 is 0 Å². The van der Waals surface area contributed by atoms with Crippen molar-refractivity contribution in [2.24, 2.45) is 11.5 Å². The first-order valence-corrected chi connectivity index (χ1v) is 4.76. The van der Waals surface area contributed by atoms with Gasteiger partial charge in [-0.3, -0.25) is 0 Å². The summed E-state index contributed by atoms with van der Waals surface area (Å²) in [7, 11) is 1.00. The number of hydrogen-bond donors (Lipinski definition) is 3. The molecule has 0 aliphatic heterocycles. The van der Waals surface area contributed by atoms with Gasteiger partial charge in [-0.25, -0.2) is 0 Å². The van der Waals surface area contributed by atoms with Crippen molar-refractivity contribution in [3.05, 3.63) is 0 Å². The van der Waals surface area contributed by atoms with E-state index < -0.39 is 0 Å². The van der Waals surface area contributed by atoms with Gasteiger partial charge in [0.2, 0.25) is 0 Å². The lowest BCUT2D eigenvalue weighted by atomic mass is 10.1. The SMILES string of the molecule is CO.NCCCCCCCCN. The van der Waals surface area contributed by atoms with Gasteiger partial charge < -0.3 is 16.6 Å². The first-order valence-electron chi connectivity index (χ1n) is 4.76. The molecule has 0 saturated heterocycles. The van der Waals surface area contributed by atoms with Crippen molar-refractivity contribution in [1.82, 2.24) is 0 Å². The molecule has 0 rings (SSSR count). The fraction of sp³-hybridized carbons (Fsp3) is 1.00. The maximum absolute atomic E-state index is 7.00. The first-order chi connectivity index (χ1) is 5.91. The Kier molecular flexibility index (Phi) is 20.5. The maximum atomic E-state index is 7.00. The highest BCUT2D eigenvalue weighted by Gasteiger charge is 1.87. The Bertz CT molecular complexity index is 52.5. The van der Waals surface area contributed by atoms with Crippen LogP contribution < -0.4 is 11.5 Å². The van der Waals surface area contributed by atoms with Gasteiger partial charge in [-0.2, -0.15) is 0 Å². The van der Waals surface area contributed by atoms with Crippen LogP contribution in [0.1, 0.15) is 38.5 Å². The Balaban J connectivity index is 0. The Morgan fingerprint density at radius 2 is 0.917 bits per heavy atom. The van der Waals surface area contributed by atoms with Crippen LogP contribution in [0.25, 0.3) is 0 Å². The number of unbranched alkanes of at least 4 members (excludes halogenated alkanes) is 5.